The van der Waals surface area contributed by atoms with Crippen LogP contribution in [0.4, 0.5) is 11.7 Å². The van der Waals surface area contributed by atoms with Crippen LogP contribution in [0.15, 0.2) is 22.6 Å². The molecule has 21 heavy (non-hydrogen) atoms. The first-order chi connectivity index (χ1) is 10.1. The minimum Gasteiger partial charge on any atom is -0.423 e. The molecule has 0 spiro atoms. The Bertz CT molecular complexity index is 667. The summed E-state index contributed by atoms with van der Waals surface area (Å²) in [5, 5.41) is 14.3. The van der Waals surface area contributed by atoms with Gasteiger partial charge in [0.05, 0.1) is 4.92 Å². The summed E-state index contributed by atoms with van der Waals surface area (Å²) in [6.45, 7) is 4.49. The Morgan fingerprint density at radius 2 is 2.19 bits per heavy atom. The van der Waals surface area contributed by atoms with E-state index in [1.165, 1.54) is 18.9 Å². The number of hydrogen-bond acceptors (Lipinski definition) is 5. The van der Waals surface area contributed by atoms with Crippen molar-refractivity contribution in [2.75, 3.05) is 5.32 Å². The lowest BCUT2D eigenvalue weighted by atomic mass is 9.78. The molecule has 6 nitrogen and oxygen atoms in total. The van der Waals surface area contributed by atoms with Gasteiger partial charge in [-0.1, -0.05) is 32.8 Å². The van der Waals surface area contributed by atoms with Gasteiger partial charge in [-0.25, -0.2) is 0 Å². The zero-order valence-corrected chi connectivity index (χ0v) is 12.2. The molecule has 1 N–H and O–H groups in total. The molecule has 1 saturated carbocycles. The second-order valence-electron chi connectivity index (χ2n) is 5.92. The van der Waals surface area contributed by atoms with E-state index in [2.05, 4.69) is 24.1 Å². The number of hydrogen-bond donors (Lipinski definition) is 1. The van der Waals surface area contributed by atoms with Crippen molar-refractivity contribution in [2.24, 2.45) is 11.8 Å². The van der Waals surface area contributed by atoms with E-state index in [9.17, 15) is 10.1 Å². The maximum absolute atomic E-state index is 11.0. The molecule has 1 aliphatic carbocycles. The minimum atomic E-state index is -0.431. The molecule has 3 atom stereocenters. The summed E-state index contributed by atoms with van der Waals surface area (Å²) in [6.07, 6.45) is 3.51. The van der Waals surface area contributed by atoms with Gasteiger partial charge in [0, 0.05) is 12.1 Å². The molecule has 1 aromatic carbocycles. The van der Waals surface area contributed by atoms with Gasteiger partial charge in [0.15, 0.2) is 11.1 Å². The Morgan fingerprint density at radius 1 is 1.38 bits per heavy atom. The van der Waals surface area contributed by atoms with E-state index >= 15 is 0 Å². The Balaban J connectivity index is 1.88. The number of oxazole rings is 1. The average molecular weight is 289 g/mol. The Morgan fingerprint density at radius 3 is 2.95 bits per heavy atom. The molecular weight excluding hydrogens is 270 g/mol. The molecule has 0 radical (unpaired) electrons. The van der Waals surface area contributed by atoms with Gasteiger partial charge in [-0.3, -0.25) is 10.1 Å². The Labute approximate surface area is 122 Å². The fourth-order valence-electron chi connectivity index (χ4n) is 3.09. The molecule has 0 saturated heterocycles. The van der Waals surface area contributed by atoms with Gasteiger partial charge >= 0.3 is 0 Å². The van der Waals surface area contributed by atoms with Crippen molar-refractivity contribution in [3.05, 3.63) is 28.3 Å². The van der Waals surface area contributed by atoms with Gasteiger partial charge in [0.25, 0.3) is 11.7 Å². The molecule has 6 heteroatoms. The van der Waals surface area contributed by atoms with Crippen LogP contribution >= 0.6 is 0 Å². The van der Waals surface area contributed by atoms with Crippen LogP contribution in [0.1, 0.15) is 33.1 Å². The monoisotopic (exact) mass is 289 g/mol. The first-order valence-electron chi connectivity index (χ1n) is 7.36. The normalized spacial score (nSPS) is 25.9. The molecule has 0 amide bonds. The van der Waals surface area contributed by atoms with Gasteiger partial charge in [-0.15, -0.1) is 0 Å². The topological polar surface area (TPSA) is 81.2 Å². The van der Waals surface area contributed by atoms with Crippen LogP contribution in [0.5, 0.6) is 0 Å². The zero-order valence-electron chi connectivity index (χ0n) is 12.2. The van der Waals surface area contributed by atoms with E-state index in [4.69, 9.17) is 4.42 Å². The summed E-state index contributed by atoms with van der Waals surface area (Å²) in [7, 11) is 0. The number of nitrogens with zero attached hydrogens (tertiary/aromatic N) is 2. The van der Waals surface area contributed by atoms with Gasteiger partial charge in [-0.2, -0.15) is 4.98 Å². The molecule has 112 valence electrons. The van der Waals surface area contributed by atoms with E-state index in [1.807, 2.05) is 0 Å². The maximum atomic E-state index is 11.0. The fraction of sp³-hybridized carbons (Fsp3) is 0.533. The van der Waals surface area contributed by atoms with Gasteiger partial charge in [-0.05, 0) is 24.3 Å². The van der Waals surface area contributed by atoms with Crippen LogP contribution < -0.4 is 5.32 Å². The van der Waals surface area contributed by atoms with Crippen molar-refractivity contribution in [3.63, 3.8) is 0 Å². The number of nitro groups is 1. The van der Waals surface area contributed by atoms with Crippen LogP contribution in [0.3, 0.4) is 0 Å². The molecule has 3 rings (SSSR count). The van der Waals surface area contributed by atoms with Crippen LogP contribution in [0, 0.1) is 22.0 Å². The molecule has 1 aromatic heterocycles. The standard InChI is InChI=1S/C15H19N3O3/c1-9-5-3-6-11(10(9)2)16-15-17-14-12(18(19)20)7-4-8-13(14)21-15/h4,7-11H,3,5-6H2,1-2H3,(H,16,17). The third-order valence-electron chi connectivity index (χ3n) is 4.61. The highest BCUT2D eigenvalue weighted by Crippen LogP contribution is 2.33. The van der Waals surface area contributed by atoms with Crippen molar-refractivity contribution >= 4 is 22.8 Å². The quantitative estimate of drug-likeness (QED) is 0.683. The lowest BCUT2D eigenvalue weighted by Crippen LogP contribution is -2.35. The largest absolute Gasteiger partial charge is 0.423 e. The number of fused-ring (bicyclic) bond motifs is 1. The number of nitrogens with one attached hydrogen (secondary N) is 1. The molecular formula is C15H19N3O3. The summed E-state index contributed by atoms with van der Waals surface area (Å²) < 4.78 is 5.62. The first kappa shape index (κ1) is 13.9. The third kappa shape index (κ3) is 2.57. The second kappa shape index (κ2) is 5.35. The van der Waals surface area contributed by atoms with Gasteiger partial charge < -0.3 is 9.73 Å². The van der Waals surface area contributed by atoms with E-state index in [0.717, 1.165) is 6.42 Å². The van der Waals surface area contributed by atoms with Crippen molar-refractivity contribution in [1.82, 2.24) is 4.98 Å². The van der Waals surface area contributed by atoms with Crippen LogP contribution in [-0.4, -0.2) is 15.9 Å². The summed E-state index contributed by atoms with van der Waals surface area (Å²) in [6, 6.07) is 5.44. The lowest BCUT2D eigenvalue weighted by molar-refractivity contribution is -0.383. The predicted molar refractivity (Wildman–Crippen MR) is 80.3 cm³/mol. The van der Waals surface area contributed by atoms with Gasteiger partial charge in [0.1, 0.15) is 0 Å². The Hall–Kier alpha value is -2.11. The Kier molecular flexibility index (Phi) is 3.53. The predicted octanol–water partition coefficient (Wildman–Crippen LogP) is 3.97. The van der Waals surface area contributed by atoms with E-state index < -0.39 is 4.92 Å². The minimum absolute atomic E-state index is 0.0191. The number of rotatable bonds is 3. The van der Waals surface area contributed by atoms with Crippen molar-refractivity contribution in [2.45, 2.75) is 39.2 Å². The van der Waals surface area contributed by atoms with E-state index in [-0.39, 0.29) is 5.69 Å². The first-order valence-corrected chi connectivity index (χ1v) is 7.36. The molecule has 3 unspecified atom stereocenters. The summed E-state index contributed by atoms with van der Waals surface area (Å²) in [5.41, 5.74) is 0.735. The smallest absolute Gasteiger partial charge is 0.298 e. The van der Waals surface area contributed by atoms with Crippen LogP contribution in [0.2, 0.25) is 0 Å². The molecule has 1 heterocycles. The van der Waals surface area contributed by atoms with E-state index in [1.54, 1.807) is 12.1 Å². The zero-order chi connectivity index (χ0) is 15.0. The van der Waals surface area contributed by atoms with Crippen molar-refractivity contribution in [1.29, 1.82) is 0 Å². The average Bonchev–Trinajstić information content (AvgIpc) is 2.85. The third-order valence-corrected chi connectivity index (χ3v) is 4.61. The highest BCUT2D eigenvalue weighted by atomic mass is 16.6. The lowest BCUT2D eigenvalue weighted by Gasteiger charge is -2.34. The van der Waals surface area contributed by atoms with Crippen LogP contribution in [0.25, 0.3) is 11.1 Å². The number of benzene rings is 1. The van der Waals surface area contributed by atoms with E-state index in [0.29, 0.717) is 35.0 Å². The SMILES string of the molecule is CC1CCCC(Nc2nc3c([N+](=O)[O-])cccc3o2)C1C. The molecule has 0 aliphatic heterocycles. The molecule has 1 fully saturated rings. The highest BCUT2D eigenvalue weighted by Gasteiger charge is 2.28. The highest BCUT2D eigenvalue weighted by molar-refractivity contribution is 5.84. The number of anilines is 1. The number of aromatic nitrogens is 1. The van der Waals surface area contributed by atoms with Gasteiger partial charge in [0.2, 0.25) is 0 Å². The molecule has 1 aliphatic rings. The number of non-ortho nitro benzene ring substituents is 1. The number of para-hydroxylation sites is 1. The number of nitro benzene ring substituents is 1. The van der Waals surface area contributed by atoms with Crippen molar-refractivity contribution in [3.8, 4) is 0 Å². The van der Waals surface area contributed by atoms with Crippen LogP contribution in [-0.2, 0) is 0 Å². The fourth-order valence-corrected chi connectivity index (χ4v) is 3.09. The maximum Gasteiger partial charge on any atom is 0.298 e. The van der Waals surface area contributed by atoms with Crippen molar-refractivity contribution < 1.29 is 9.34 Å². The molecule has 0 bridgehead atoms. The second-order valence-corrected chi connectivity index (χ2v) is 5.92. The summed E-state index contributed by atoms with van der Waals surface area (Å²) in [4.78, 5) is 14.9. The summed E-state index contributed by atoms with van der Waals surface area (Å²) >= 11 is 0. The molecule has 2 aromatic rings. The summed E-state index contributed by atoms with van der Waals surface area (Å²) in [5.74, 6) is 1.19.